The van der Waals surface area contributed by atoms with E-state index in [2.05, 4.69) is 43.5 Å². The Kier molecular flexibility index (Phi) is 34.4. The zero-order valence-corrected chi connectivity index (χ0v) is 29.0. The summed E-state index contributed by atoms with van der Waals surface area (Å²) in [5, 5.41) is 23.0. The van der Waals surface area contributed by atoms with Gasteiger partial charge in [0.1, 0.15) is 0 Å². The SMILES string of the molecule is CCCCCCCC/C=C\C/C=C\CCC(=O)NC(CO)C(O)CCCCCCCCCCCCCCCCCCCC. The third-order valence-corrected chi connectivity index (χ3v) is 8.73. The molecule has 1 amide bonds. The average molecular weight is 606 g/mol. The summed E-state index contributed by atoms with van der Waals surface area (Å²) in [6.45, 7) is 4.32. The lowest BCUT2D eigenvalue weighted by atomic mass is 10.0. The fourth-order valence-electron chi connectivity index (χ4n) is 5.76. The molecule has 4 heteroatoms. The van der Waals surface area contributed by atoms with Crippen LogP contribution >= 0.6 is 0 Å². The van der Waals surface area contributed by atoms with Crippen LogP contribution in [-0.2, 0) is 4.79 Å². The first-order chi connectivity index (χ1) is 21.2. The average Bonchev–Trinajstić information content (AvgIpc) is 3.01. The molecule has 0 spiro atoms. The first-order valence-corrected chi connectivity index (χ1v) is 19.0. The van der Waals surface area contributed by atoms with Gasteiger partial charge in [-0.25, -0.2) is 0 Å². The molecule has 0 bridgehead atoms. The molecular formula is C39H75NO3. The zero-order chi connectivity index (χ0) is 31.5. The minimum Gasteiger partial charge on any atom is -0.394 e. The molecule has 0 saturated carbocycles. The number of aliphatic hydroxyl groups is 2. The summed E-state index contributed by atoms with van der Waals surface area (Å²) in [5.41, 5.74) is 0. The lowest BCUT2D eigenvalue weighted by Crippen LogP contribution is -2.45. The lowest BCUT2D eigenvalue weighted by Gasteiger charge is -2.22. The largest absolute Gasteiger partial charge is 0.394 e. The molecule has 0 aliphatic heterocycles. The van der Waals surface area contributed by atoms with Gasteiger partial charge in [0, 0.05) is 6.42 Å². The Balaban J connectivity index is 3.60. The van der Waals surface area contributed by atoms with Crippen molar-refractivity contribution in [2.75, 3.05) is 6.61 Å². The first kappa shape index (κ1) is 41.9. The molecule has 0 aromatic rings. The summed E-state index contributed by atoms with van der Waals surface area (Å²) in [6, 6.07) is -0.563. The van der Waals surface area contributed by atoms with Crippen LogP contribution in [0.15, 0.2) is 24.3 Å². The quantitative estimate of drug-likeness (QED) is 0.0505. The van der Waals surface area contributed by atoms with Gasteiger partial charge < -0.3 is 15.5 Å². The summed E-state index contributed by atoms with van der Waals surface area (Å²) in [4.78, 5) is 12.3. The van der Waals surface area contributed by atoms with Crippen LogP contribution in [0, 0.1) is 0 Å². The van der Waals surface area contributed by atoms with Crippen LogP contribution in [0.4, 0.5) is 0 Å². The molecule has 0 rings (SSSR count). The topological polar surface area (TPSA) is 69.6 Å². The number of carbonyl (C=O) groups is 1. The number of amides is 1. The number of allylic oxidation sites excluding steroid dienone is 4. The third kappa shape index (κ3) is 32.1. The van der Waals surface area contributed by atoms with E-state index in [0.717, 1.165) is 25.7 Å². The fraction of sp³-hybridized carbons (Fsp3) is 0.872. The second kappa shape index (κ2) is 35.4. The van der Waals surface area contributed by atoms with Gasteiger partial charge >= 0.3 is 0 Å². The number of unbranched alkanes of at least 4 members (excludes halogenated alkanes) is 23. The van der Waals surface area contributed by atoms with E-state index in [1.165, 1.54) is 141 Å². The third-order valence-electron chi connectivity index (χ3n) is 8.73. The molecule has 4 nitrogen and oxygen atoms in total. The molecule has 0 aromatic carbocycles. The Hall–Kier alpha value is -1.13. The Morgan fingerprint density at radius 2 is 0.953 bits per heavy atom. The Morgan fingerprint density at radius 1 is 0.558 bits per heavy atom. The molecule has 43 heavy (non-hydrogen) atoms. The van der Waals surface area contributed by atoms with Crippen LogP contribution in [0.1, 0.15) is 200 Å². The van der Waals surface area contributed by atoms with Gasteiger partial charge in [-0.3, -0.25) is 4.79 Å². The van der Waals surface area contributed by atoms with Gasteiger partial charge in [0.15, 0.2) is 0 Å². The number of aliphatic hydroxyl groups excluding tert-OH is 2. The minimum absolute atomic E-state index is 0.0980. The highest BCUT2D eigenvalue weighted by molar-refractivity contribution is 5.76. The monoisotopic (exact) mass is 606 g/mol. The van der Waals surface area contributed by atoms with Crippen molar-refractivity contribution in [1.29, 1.82) is 0 Å². The van der Waals surface area contributed by atoms with E-state index < -0.39 is 12.1 Å². The molecule has 0 aliphatic carbocycles. The van der Waals surface area contributed by atoms with E-state index in [1.807, 2.05) is 0 Å². The number of nitrogens with one attached hydrogen (secondary N) is 1. The van der Waals surface area contributed by atoms with Gasteiger partial charge in [0.2, 0.25) is 5.91 Å². The number of rotatable bonds is 34. The number of hydrogen-bond acceptors (Lipinski definition) is 3. The molecule has 2 unspecified atom stereocenters. The summed E-state index contributed by atoms with van der Waals surface area (Å²) in [7, 11) is 0. The van der Waals surface area contributed by atoms with Crippen molar-refractivity contribution >= 4 is 5.91 Å². The minimum atomic E-state index is -0.678. The van der Waals surface area contributed by atoms with Crippen molar-refractivity contribution in [3.8, 4) is 0 Å². The van der Waals surface area contributed by atoms with E-state index >= 15 is 0 Å². The van der Waals surface area contributed by atoms with E-state index in [-0.39, 0.29) is 12.5 Å². The zero-order valence-electron chi connectivity index (χ0n) is 29.0. The smallest absolute Gasteiger partial charge is 0.220 e. The van der Waals surface area contributed by atoms with Crippen molar-refractivity contribution in [2.45, 2.75) is 212 Å². The Bertz CT molecular complexity index is 618. The molecule has 254 valence electrons. The van der Waals surface area contributed by atoms with Crippen molar-refractivity contribution in [3.63, 3.8) is 0 Å². The lowest BCUT2D eigenvalue weighted by molar-refractivity contribution is -0.123. The molecule has 2 atom stereocenters. The van der Waals surface area contributed by atoms with Gasteiger partial charge in [0.05, 0.1) is 18.8 Å². The number of hydrogen-bond donors (Lipinski definition) is 3. The molecule has 0 aliphatic rings. The standard InChI is InChI=1S/C39H75NO3/c1-3-5-7-9-11-13-15-17-18-19-20-21-23-24-26-28-30-32-34-38(42)37(36-41)40-39(43)35-33-31-29-27-25-22-16-14-12-10-8-6-4-2/h22,25,29,31,37-38,41-42H,3-21,23-24,26-28,30,32-36H2,1-2H3,(H,40,43)/b25-22-,31-29-. The van der Waals surface area contributed by atoms with Crippen LogP contribution in [0.3, 0.4) is 0 Å². The van der Waals surface area contributed by atoms with Crippen LogP contribution in [0.25, 0.3) is 0 Å². The molecule has 3 N–H and O–H groups in total. The summed E-state index contributed by atoms with van der Waals surface area (Å²) in [6.07, 6.45) is 43.9. The maximum absolute atomic E-state index is 12.3. The highest BCUT2D eigenvalue weighted by atomic mass is 16.3. The van der Waals surface area contributed by atoms with Crippen LogP contribution in [0.2, 0.25) is 0 Å². The van der Waals surface area contributed by atoms with Gasteiger partial charge in [-0.1, -0.05) is 186 Å². The first-order valence-electron chi connectivity index (χ1n) is 19.0. The predicted octanol–water partition coefficient (Wildman–Crippen LogP) is 11.3. The van der Waals surface area contributed by atoms with Crippen LogP contribution in [0.5, 0.6) is 0 Å². The molecule has 0 radical (unpaired) electrons. The fourth-order valence-corrected chi connectivity index (χ4v) is 5.76. The van der Waals surface area contributed by atoms with Gasteiger partial charge in [0.25, 0.3) is 0 Å². The van der Waals surface area contributed by atoms with Crippen molar-refractivity contribution in [1.82, 2.24) is 5.32 Å². The van der Waals surface area contributed by atoms with Crippen molar-refractivity contribution in [3.05, 3.63) is 24.3 Å². The van der Waals surface area contributed by atoms with Gasteiger partial charge in [-0.05, 0) is 32.1 Å². The number of carbonyl (C=O) groups excluding carboxylic acids is 1. The maximum Gasteiger partial charge on any atom is 0.220 e. The Morgan fingerprint density at radius 3 is 1.40 bits per heavy atom. The normalized spacial score (nSPS) is 13.3. The molecule has 0 fully saturated rings. The molecular weight excluding hydrogens is 530 g/mol. The highest BCUT2D eigenvalue weighted by Gasteiger charge is 2.19. The van der Waals surface area contributed by atoms with E-state index in [1.54, 1.807) is 0 Å². The van der Waals surface area contributed by atoms with Gasteiger partial charge in [-0.2, -0.15) is 0 Å². The summed E-state index contributed by atoms with van der Waals surface area (Å²) < 4.78 is 0. The summed E-state index contributed by atoms with van der Waals surface area (Å²) in [5.74, 6) is -0.0980. The predicted molar refractivity (Wildman–Crippen MR) is 189 cm³/mol. The maximum atomic E-state index is 12.3. The van der Waals surface area contributed by atoms with E-state index in [9.17, 15) is 15.0 Å². The summed E-state index contributed by atoms with van der Waals surface area (Å²) >= 11 is 0. The van der Waals surface area contributed by atoms with Gasteiger partial charge in [-0.15, -0.1) is 0 Å². The second-order valence-corrected chi connectivity index (χ2v) is 13.0. The molecule has 0 heterocycles. The van der Waals surface area contributed by atoms with Crippen LogP contribution < -0.4 is 5.32 Å². The highest BCUT2D eigenvalue weighted by Crippen LogP contribution is 2.15. The van der Waals surface area contributed by atoms with Crippen LogP contribution in [-0.4, -0.2) is 34.9 Å². The second-order valence-electron chi connectivity index (χ2n) is 13.0. The molecule has 0 aromatic heterocycles. The Labute approximate surface area is 269 Å². The van der Waals surface area contributed by atoms with Crippen molar-refractivity contribution < 1.29 is 15.0 Å². The van der Waals surface area contributed by atoms with E-state index in [4.69, 9.17) is 0 Å². The molecule has 0 saturated heterocycles. The van der Waals surface area contributed by atoms with Crippen molar-refractivity contribution in [2.24, 2.45) is 0 Å². The van der Waals surface area contributed by atoms with E-state index in [0.29, 0.717) is 19.3 Å².